The van der Waals surface area contributed by atoms with E-state index in [1.165, 1.54) is 14.0 Å². The fourth-order valence-corrected chi connectivity index (χ4v) is 1.96. The van der Waals surface area contributed by atoms with Crippen LogP contribution >= 0.6 is 0 Å². The average Bonchev–Trinajstić information content (AvgIpc) is 2.27. The predicted molar refractivity (Wildman–Crippen MR) is 66.6 cm³/mol. The van der Waals surface area contributed by atoms with Gasteiger partial charge in [-0.1, -0.05) is 0 Å². The van der Waals surface area contributed by atoms with Crippen molar-refractivity contribution in [3.8, 4) is 0 Å². The van der Waals surface area contributed by atoms with Gasteiger partial charge in [-0.3, -0.25) is 9.59 Å². The van der Waals surface area contributed by atoms with Crippen molar-refractivity contribution in [1.29, 1.82) is 0 Å². The Labute approximate surface area is 107 Å². The van der Waals surface area contributed by atoms with Crippen molar-refractivity contribution in [2.75, 3.05) is 25.9 Å². The Kier molecular flexibility index (Phi) is 7.53. The number of unbranched alkanes of at least 4 members (excludes halogenated alkanes) is 1. The van der Waals surface area contributed by atoms with Gasteiger partial charge < -0.3 is 10.4 Å². The van der Waals surface area contributed by atoms with Crippen LogP contribution in [0.5, 0.6) is 0 Å². The topological polar surface area (TPSA) is 104 Å². The summed E-state index contributed by atoms with van der Waals surface area (Å²) in [5.41, 5.74) is 0. The number of rotatable bonds is 9. The smallest absolute Gasteiger partial charge is 0.303 e. The van der Waals surface area contributed by atoms with Gasteiger partial charge in [0, 0.05) is 20.0 Å². The van der Waals surface area contributed by atoms with E-state index in [-0.39, 0.29) is 24.6 Å². The lowest BCUT2D eigenvalue weighted by Gasteiger charge is -2.15. The van der Waals surface area contributed by atoms with Crippen LogP contribution in [0, 0.1) is 0 Å². The number of carboxylic acids is 1. The van der Waals surface area contributed by atoms with Crippen molar-refractivity contribution in [3.05, 3.63) is 0 Å². The molecule has 0 radical (unpaired) electrons. The van der Waals surface area contributed by atoms with Gasteiger partial charge >= 0.3 is 5.97 Å². The second-order valence-electron chi connectivity index (χ2n) is 3.86. The lowest BCUT2D eigenvalue weighted by atomic mass is 10.2. The first-order chi connectivity index (χ1) is 8.29. The Balaban J connectivity index is 3.82. The van der Waals surface area contributed by atoms with E-state index < -0.39 is 16.0 Å². The van der Waals surface area contributed by atoms with Crippen molar-refractivity contribution in [2.24, 2.45) is 0 Å². The monoisotopic (exact) mass is 280 g/mol. The molecule has 0 aromatic carbocycles. The fourth-order valence-electron chi connectivity index (χ4n) is 1.21. The lowest BCUT2D eigenvalue weighted by molar-refractivity contribution is -0.137. The highest BCUT2D eigenvalue weighted by atomic mass is 32.2. The summed E-state index contributed by atoms with van der Waals surface area (Å²) in [4.78, 5) is 21.6. The standard InChI is InChI=1S/C10H20N2O5S/c1-3-18(16,17)12(2)8-9(13)11-7-5-4-6-10(14)15/h3-8H2,1-2H3,(H,11,13)(H,14,15). The van der Waals surface area contributed by atoms with E-state index in [1.807, 2.05) is 0 Å². The Bertz CT molecular complexity index is 380. The minimum absolute atomic E-state index is 0.0462. The molecule has 0 fully saturated rings. The van der Waals surface area contributed by atoms with Crippen molar-refractivity contribution in [2.45, 2.75) is 26.2 Å². The summed E-state index contributed by atoms with van der Waals surface area (Å²) >= 11 is 0. The van der Waals surface area contributed by atoms with Crippen LogP contribution in [0.3, 0.4) is 0 Å². The molecule has 0 heterocycles. The lowest BCUT2D eigenvalue weighted by Crippen LogP contribution is -2.39. The number of carbonyl (C=O) groups is 2. The predicted octanol–water partition coefficient (Wildman–Crippen LogP) is -0.361. The summed E-state index contributed by atoms with van der Waals surface area (Å²) in [6.45, 7) is 1.65. The molecule has 0 atom stereocenters. The van der Waals surface area contributed by atoms with Crippen molar-refractivity contribution in [1.82, 2.24) is 9.62 Å². The molecule has 0 aromatic rings. The van der Waals surface area contributed by atoms with E-state index in [0.29, 0.717) is 19.4 Å². The largest absolute Gasteiger partial charge is 0.481 e. The quantitative estimate of drug-likeness (QED) is 0.561. The highest BCUT2D eigenvalue weighted by Crippen LogP contribution is 1.97. The maximum atomic E-state index is 11.4. The molecule has 2 N–H and O–H groups in total. The first kappa shape index (κ1) is 16.9. The SMILES string of the molecule is CCS(=O)(=O)N(C)CC(=O)NCCCCC(=O)O. The number of carboxylic acid groups (broad SMARTS) is 1. The van der Waals surface area contributed by atoms with Crippen molar-refractivity contribution >= 4 is 21.9 Å². The summed E-state index contributed by atoms with van der Waals surface area (Å²) in [6.07, 6.45) is 1.11. The molecule has 0 saturated carbocycles. The van der Waals surface area contributed by atoms with Gasteiger partial charge in [-0.15, -0.1) is 0 Å². The molecule has 0 aliphatic rings. The molecule has 7 nitrogen and oxygen atoms in total. The summed E-state index contributed by atoms with van der Waals surface area (Å²) < 4.78 is 23.7. The van der Waals surface area contributed by atoms with E-state index in [1.54, 1.807) is 0 Å². The molecule has 0 rings (SSSR count). The van der Waals surface area contributed by atoms with Gasteiger partial charge in [0.05, 0.1) is 12.3 Å². The number of likely N-dealkylation sites (N-methyl/N-ethyl adjacent to an activating group) is 1. The highest BCUT2D eigenvalue weighted by Gasteiger charge is 2.17. The number of amides is 1. The van der Waals surface area contributed by atoms with Gasteiger partial charge in [0.1, 0.15) is 0 Å². The summed E-state index contributed by atoms with van der Waals surface area (Å²) in [5.74, 6) is -1.30. The zero-order valence-electron chi connectivity index (χ0n) is 10.7. The molecule has 0 aromatic heterocycles. The van der Waals surface area contributed by atoms with Gasteiger partial charge in [-0.2, -0.15) is 4.31 Å². The van der Waals surface area contributed by atoms with Crippen LogP contribution in [0.2, 0.25) is 0 Å². The maximum Gasteiger partial charge on any atom is 0.303 e. The van der Waals surface area contributed by atoms with Crippen LogP contribution in [0.1, 0.15) is 26.2 Å². The molecule has 8 heteroatoms. The normalized spacial score (nSPS) is 11.5. The third-order valence-electron chi connectivity index (χ3n) is 2.35. The Hall–Kier alpha value is -1.15. The highest BCUT2D eigenvalue weighted by molar-refractivity contribution is 7.89. The Morgan fingerprint density at radius 1 is 1.28 bits per heavy atom. The summed E-state index contributed by atoms with van der Waals surface area (Å²) in [7, 11) is -1.99. The number of hydrogen-bond donors (Lipinski definition) is 2. The fraction of sp³-hybridized carbons (Fsp3) is 0.800. The zero-order chi connectivity index (χ0) is 14.2. The molecule has 0 unspecified atom stereocenters. The van der Waals surface area contributed by atoms with E-state index in [2.05, 4.69) is 5.32 Å². The second kappa shape index (κ2) is 8.04. The van der Waals surface area contributed by atoms with Crippen LogP contribution in [-0.2, 0) is 19.6 Å². The van der Waals surface area contributed by atoms with Gasteiger partial charge in [0.25, 0.3) is 0 Å². The number of hydrogen-bond acceptors (Lipinski definition) is 4. The minimum atomic E-state index is -3.34. The molecule has 0 spiro atoms. The van der Waals surface area contributed by atoms with Gasteiger partial charge in [0.2, 0.25) is 15.9 Å². The number of nitrogens with one attached hydrogen (secondary N) is 1. The van der Waals surface area contributed by atoms with Gasteiger partial charge in [0.15, 0.2) is 0 Å². The van der Waals surface area contributed by atoms with E-state index in [9.17, 15) is 18.0 Å². The summed E-state index contributed by atoms with van der Waals surface area (Å²) in [5, 5.41) is 10.9. The third kappa shape index (κ3) is 7.23. The number of aliphatic carboxylic acids is 1. The zero-order valence-corrected chi connectivity index (χ0v) is 11.5. The second-order valence-corrected chi connectivity index (χ2v) is 6.22. The van der Waals surface area contributed by atoms with Crippen molar-refractivity contribution < 1.29 is 23.1 Å². The molecule has 0 saturated heterocycles. The average molecular weight is 280 g/mol. The molecule has 0 bridgehead atoms. The molecule has 106 valence electrons. The van der Waals surface area contributed by atoms with Crippen LogP contribution in [0.25, 0.3) is 0 Å². The third-order valence-corrected chi connectivity index (χ3v) is 4.15. The number of sulfonamides is 1. The molecule has 1 amide bonds. The van der Waals surface area contributed by atoms with Crippen molar-refractivity contribution in [3.63, 3.8) is 0 Å². The molecule has 0 aliphatic heterocycles. The van der Waals surface area contributed by atoms with Crippen LogP contribution in [0.15, 0.2) is 0 Å². The maximum absolute atomic E-state index is 11.4. The van der Waals surface area contributed by atoms with E-state index in [0.717, 1.165) is 4.31 Å². The van der Waals surface area contributed by atoms with Gasteiger partial charge in [-0.05, 0) is 19.8 Å². The van der Waals surface area contributed by atoms with Gasteiger partial charge in [-0.25, -0.2) is 8.42 Å². The van der Waals surface area contributed by atoms with Crippen LogP contribution in [-0.4, -0.2) is 55.6 Å². The number of carbonyl (C=O) groups excluding carboxylic acids is 1. The molecule has 0 aliphatic carbocycles. The van der Waals surface area contributed by atoms with E-state index in [4.69, 9.17) is 5.11 Å². The summed E-state index contributed by atoms with van der Waals surface area (Å²) in [6, 6.07) is 0. The van der Waals surface area contributed by atoms with Crippen LogP contribution in [0.4, 0.5) is 0 Å². The minimum Gasteiger partial charge on any atom is -0.481 e. The molecular formula is C10H20N2O5S. The first-order valence-corrected chi connectivity index (χ1v) is 7.33. The Morgan fingerprint density at radius 3 is 2.39 bits per heavy atom. The van der Waals surface area contributed by atoms with E-state index >= 15 is 0 Å². The molecular weight excluding hydrogens is 260 g/mol. The molecule has 18 heavy (non-hydrogen) atoms. The van der Waals surface area contributed by atoms with Crippen LogP contribution < -0.4 is 5.32 Å². The first-order valence-electron chi connectivity index (χ1n) is 5.72. The Morgan fingerprint density at radius 2 is 1.89 bits per heavy atom. The number of nitrogens with zero attached hydrogens (tertiary/aromatic N) is 1.